The lowest BCUT2D eigenvalue weighted by molar-refractivity contribution is 0.0932. The van der Waals surface area contributed by atoms with Crippen LogP contribution >= 0.6 is 11.6 Å². The summed E-state index contributed by atoms with van der Waals surface area (Å²) in [6.07, 6.45) is 5.83. The van der Waals surface area contributed by atoms with Gasteiger partial charge in [-0.25, -0.2) is 9.97 Å². The van der Waals surface area contributed by atoms with E-state index in [0.29, 0.717) is 16.9 Å². The van der Waals surface area contributed by atoms with Gasteiger partial charge in [-0.1, -0.05) is 25.4 Å². The van der Waals surface area contributed by atoms with Crippen molar-refractivity contribution in [2.45, 2.75) is 52.5 Å². The molecular weight excluding hydrogens is 300 g/mol. The Morgan fingerprint density at radius 1 is 1.32 bits per heavy atom. The first-order valence-corrected chi connectivity index (χ1v) is 8.43. The fourth-order valence-corrected chi connectivity index (χ4v) is 2.71. The van der Waals surface area contributed by atoms with Gasteiger partial charge >= 0.3 is 0 Å². The Hall–Kier alpha value is -1.36. The summed E-state index contributed by atoms with van der Waals surface area (Å²) in [5.41, 5.74) is 0.273. The van der Waals surface area contributed by atoms with Crippen LogP contribution in [0.2, 0.25) is 5.02 Å². The van der Waals surface area contributed by atoms with Gasteiger partial charge in [-0.15, -0.1) is 0 Å². The van der Waals surface area contributed by atoms with E-state index in [1.165, 1.54) is 6.20 Å². The number of nitrogens with one attached hydrogen (secondary N) is 1. The Bertz CT molecular complexity index is 515. The Balaban J connectivity index is 2.03. The second kappa shape index (κ2) is 7.77. The summed E-state index contributed by atoms with van der Waals surface area (Å²) in [5.74, 6) is 1.01. The van der Waals surface area contributed by atoms with Crippen molar-refractivity contribution in [1.29, 1.82) is 0 Å². The van der Waals surface area contributed by atoms with E-state index in [1.54, 1.807) is 0 Å². The number of carbonyl (C=O) groups excluding carboxylic acids is 1. The van der Waals surface area contributed by atoms with Crippen LogP contribution in [-0.4, -0.2) is 35.0 Å². The number of halogens is 1. The molecule has 1 atom stereocenters. The van der Waals surface area contributed by atoms with Crippen LogP contribution in [0.15, 0.2) is 6.20 Å². The maximum absolute atomic E-state index is 12.4. The first-order valence-electron chi connectivity index (χ1n) is 8.05. The van der Waals surface area contributed by atoms with E-state index in [1.807, 2.05) is 6.92 Å². The molecule has 1 N–H and O–H groups in total. The van der Waals surface area contributed by atoms with Crippen LogP contribution in [0.4, 0.5) is 5.95 Å². The zero-order valence-corrected chi connectivity index (χ0v) is 14.4. The van der Waals surface area contributed by atoms with E-state index in [4.69, 9.17) is 11.6 Å². The molecule has 0 bridgehead atoms. The van der Waals surface area contributed by atoms with Crippen molar-refractivity contribution in [2.24, 2.45) is 5.92 Å². The smallest absolute Gasteiger partial charge is 0.271 e. The molecule has 122 valence electrons. The zero-order valence-electron chi connectivity index (χ0n) is 13.6. The van der Waals surface area contributed by atoms with Gasteiger partial charge in [-0.3, -0.25) is 4.79 Å². The number of anilines is 1. The van der Waals surface area contributed by atoms with Crippen molar-refractivity contribution in [3.8, 4) is 0 Å². The van der Waals surface area contributed by atoms with E-state index in [-0.39, 0.29) is 17.6 Å². The van der Waals surface area contributed by atoms with Gasteiger partial charge in [0.1, 0.15) is 0 Å². The molecule has 22 heavy (non-hydrogen) atoms. The maximum Gasteiger partial charge on any atom is 0.271 e. The fourth-order valence-electron chi connectivity index (χ4n) is 2.53. The predicted molar refractivity (Wildman–Crippen MR) is 89.5 cm³/mol. The largest absolute Gasteiger partial charge is 0.348 e. The van der Waals surface area contributed by atoms with Crippen molar-refractivity contribution in [3.05, 3.63) is 16.9 Å². The molecule has 1 fully saturated rings. The molecule has 1 aromatic rings. The summed E-state index contributed by atoms with van der Waals surface area (Å²) >= 11 is 6.10. The van der Waals surface area contributed by atoms with Gasteiger partial charge in [-0.2, -0.15) is 0 Å². The molecule has 0 spiro atoms. The molecule has 2 rings (SSSR count). The van der Waals surface area contributed by atoms with Gasteiger partial charge in [-0.05, 0) is 38.5 Å². The number of carbonyl (C=O) groups is 1. The number of amides is 1. The predicted octanol–water partition coefficient (Wildman–Crippen LogP) is 3.28. The highest BCUT2D eigenvalue weighted by Gasteiger charge is 2.20. The summed E-state index contributed by atoms with van der Waals surface area (Å²) in [6.45, 7) is 8.24. The van der Waals surface area contributed by atoms with Crippen LogP contribution in [-0.2, 0) is 0 Å². The normalized spacial score (nSPS) is 16.1. The number of nitrogens with zero attached hydrogens (tertiary/aromatic N) is 3. The zero-order chi connectivity index (χ0) is 16.1. The maximum atomic E-state index is 12.4. The molecule has 0 saturated carbocycles. The first-order chi connectivity index (χ1) is 10.5. The van der Waals surface area contributed by atoms with E-state index in [9.17, 15) is 4.79 Å². The van der Waals surface area contributed by atoms with Gasteiger partial charge in [0.25, 0.3) is 5.91 Å². The molecule has 1 saturated heterocycles. The van der Waals surface area contributed by atoms with Crippen molar-refractivity contribution in [1.82, 2.24) is 15.3 Å². The molecule has 0 radical (unpaired) electrons. The summed E-state index contributed by atoms with van der Waals surface area (Å²) in [6, 6.07) is 0.108. The summed E-state index contributed by atoms with van der Waals surface area (Å²) in [7, 11) is 0. The van der Waals surface area contributed by atoms with Crippen molar-refractivity contribution in [2.75, 3.05) is 18.0 Å². The number of hydrogen-bond donors (Lipinski definition) is 1. The molecule has 1 unspecified atom stereocenters. The fraction of sp³-hybridized carbons (Fsp3) is 0.688. The van der Waals surface area contributed by atoms with Gasteiger partial charge in [0.15, 0.2) is 5.69 Å². The van der Waals surface area contributed by atoms with Crippen LogP contribution in [0.1, 0.15) is 56.9 Å². The van der Waals surface area contributed by atoms with E-state index in [2.05, 4.69) is 34.0 Å². The standard InChI is InChI=1S/C16H25ClN4O/c1-11(2)6-7-12(3)19-15(22)14-13(17)10-18-16(20-14)21-8-4-5-9-21/h10-12H,4-9H2,1-3H3,(H,19,22). The second-order valence-electron chi connectivity index (χ2n) is 6.41. The summed E-state index contributed by atoms with van der Waals surface area (Å²) < 4.78 is 0. The van der Waals surface area contributed by atoms with Gasteiger partial charge in [0, 0.05) is 19.1 Å². The van der Waals surface area contributed by atoms with Crippen LogP contribution in [0.3, 0.4) is 0 Å². The molecule has 1 amide bonds. The SMILES string of the molecule is CC(C)CCC(C)NC(=O)c1nc(N2CCCC2)ncc1Cl. The average Bonchev–Trinajstić information content (AvgIpc) is 2.99. The third-order valence-electron chi connectivity index (χ3n) is 3.89. The molecular formula is C16H25ClN4O. The first kappa shape index (κ1) is 17.0. The third kappa shape index (κ3) is 4.57. The number of hydrogen-bond acceptors (Lipinski definition) is 4. The molecule has 6 heteroatoms. The van der Waals surface area contributed by atoms with Crippen LogP contribution in [0.25, 0.3) is 0 Å². The average molecular weight is 325 g/mol. The molecule has 0 aliphatic carbocycles. The minimum Gasteiger partial charge on any atom is -0.348 e. The monoisotopic (exact) mass is 324 g/mol. The topological polar surface area (TPSA) is 58.1 Å². The van der Waals surface area contributed by atoms with Gasteiger partial charge < -0.3 is 10.2 Å². The Kier molecular flexibility index (Phi) is 6.00. The van der Waals surface area contributed by atoms with Crippen LogP contribution < -0.4 is 10.2 Å². The Morgan fingerprint density at radius 3 is 2.64 bits per heavy atom. The molecule has 1 aliphatic rings. The molecule has 2 heterocycles. The van der Waals surface area contributed by atoms with E-state index in [0.717, 1.165) is 38.8 Å². The van der Waals surface area contributed by atoms with Crippen LogP contribution in [0.5, 0.6) is 0 Å². The van der Waals surface area contributed by atoms with Crippen LogP contribution in [0, 0.1) is 5.92 Å². The highest BCUT2D eigenvalue weighted by Crippen LogP contribution is 2.20. The van der Waals surface area contributed by atoms with E-state index >= 15 is 0 Å². The summed E-state index contributed by atoms with van der Waals surface area (Å²) in [5, 5.41) is 3.28. The highest BCUT2D eigenvalue weighted by atomic mass is 35.5. The third-order valence-corrected chi connectivity index (χ3v) is 4.17. The van der Waals surface area contributed by atoms with Crippen molar-refractivity contribution < 1.29 is 4.79 Å². The lowest BCUT2D eigenvalue weighted by atomic mass is 10.0. The van der Waals surface area contributed by atoms with Crippen molar-refractivity contribution in [3.63, 3.8) is 0 Å². The molecule has 1 aliphatic heterocycles. The quantitative estimate of drug-likeness (QED) is 0.872. The lowest BCUT2D eigenvalue weighted by Gasteiger charge is -2.18. The summed E-state index contributed by atoms with van der Waals surface area (Å²) in [4.78, 5) is 23.1. The molecule has 0 aromatic carbocycles. The highest BCUT2D eigenvalue weighted by molar-refractivity contribution is 6.33. The number of aromatic nitrogens is 2. The van der Waals surface area contributed by atoms with E-state index < -0.39 is 0 Å². The second-order valence-corrected chi connectivity index (χ2v) is 6.81. The van der Waals surface area contributed by atoms with Gasteiger partial charge in [0.05, 0.1) is 11.2 Å². The van der Waals surface area contributed by atoms with Crippen molar-refractivity contribution >= 4 is 23.5 Å². The minimum atomic E-state index is -0.218. The Morgan fingerprint density at radius 2 is 2.00 bits per heavy atom. The molecule has 5 nitrogen and oxygen atoms in total. The number of rotatable bonds is 6. The minimum absolute atomic E-state index is 0.108. The van der Waals surface area contributed by atoms with Gasteiger partial charge in [0.2, 0.25) is 5.95 Å². The Labute approximate surface area is 137 Å². The lowest BCUT2D eigenvalue weighted by Crippen LogP contribution is -2.34. The molecule has 1 aromatic heterocycles.